The highest BCUT2D eigenvalue weighted by molar-refractivity contribution is 5.82. The number of benzene rings is 1. The van der Waals surface area contributed by atoms with E-state index in [1.54, 1.807) is 0 Å². The van der Waals surface area contributed by atoms with Crippen molar-refractivity contribution in [3.8, 4) is 0 Å². The number of anilines is 1. The molecule has 1 aromatic rings. The molecule has 3 N–H and O–H groups in total. The van der Waals surface area contributed by atoms with E-state index in [1.165, 1.54) is 0 Å². The SMILES string of the molecule is CN(CCNC(=O)C1CC1N)c1ccccc1. The van der Waals surface area contributed by atoms with Crippen LogP contribution >= 0.6 is 0 Å². The highest BCUT2D eigenvalue weighted by atomic mass is 16.2. The van der Waals surface area contributed by atoms with Crippen molar-refractivity contribution in [1.82, 2.24) is 5.32 Å². The largest absolute Gasteiger partial charge is 0.373 e. The fraction of sp³-hybridized carbons (Fsp3) is 0.462. The highest BCUT2D eigenvalue weighted by Crippen LogP contribution is 2.27. The van der Waals surface area contributed by atoms with Gasteiger partial charge >= 0.3 is 0 Å². The maximum Gasteiger partial charge on any atom is 0.224 e. The van der Waals surface area contributed by atoms with Gasteiger partial charge in [0.1, 0.15) is 0 Å². The normalized spacial score (nSPS) is 22.0. The van der Waals surface area contributed by atoms with Crippen LogP contribution in [0.3, 0.4) is 0 Å². The Morgan fingerprint density at radius 3 is 2.71 bits per heavy atom. The van der Waals surface area contributed by atoms with Crippen molar-refractivity contribution in [3.05, 3.63) is 30.3 Å². The predicted molar refractivity (Wildman–Crippen MR) is 68.8 cm³/mol. The molecule has 0 bridgehead atoms. The van der Waals surface area contributed by atoms with Crippen LogP contribution in [0, 0.1) is 5.92 Å². The number of carbonyl (C=O) groups is 1. The van der Waals surface area contributed by atoms with Gasteiger partial charge in [0.05, 0.1) is 5.92 Å². The van der Waals surface area contributed by atoms with Crippen molar-refractivity contribution in [2.24, 2.45) is 11.7 Å². The van der Waals surface area contributed by atoms with Gasteiger partial charge in [0.15, 0.2) is 0 Å². The van der Waals surface area contributed by atoms with Crippen LogP contribution in [-0.4, -0.2) is 32.1 Å². The lowest BCUT2D eigenvalue weighted by Crippen LogP contribution is -2.34. The van der Waals surface area contributed by atoms with Gasteiger partial charge in [-0.2, -0.15) is 0 Å². The van der Waals surface area contributed by atoms with Crippen LogP contribution in [0.15, 0.2) is 30.3 Å². The molecule has 1 amide bonds. The Labute approximate surface area is 102 Å². The van der Waals surface area contributed by atoms with Crippen LogP contribution < -0.4 is 16.0 Å². The summed E-state index contributed by atoms with van der Waals surface area (Å²) in [6.07, 6.45) is 0.834. The van der Waals surface area contributed by atoms with Gasteiger partial charge < -0.3 is 16.0 Å². The number of nitrogens with zero attached hydrogens (tertiary/aromatic N) is 1. The quantitative estimate of drug-likeness (QED) is 0.782. The summed E-state index contributed by atoms with van der Waals surface area (Å²) in [5.41, 5.74) is 6.78. The minimum atomic E-state index is 0.0528. The third-order valence-electron chi connectivity index (χ3n) is 3.12. The first-order valence-electron chi connectivity index (χ1n) is 5.98. The van der Waals surface area contributed by atoms with Crippen molar-refractivity contribution < 1.29 is 4.79 Å². The number of hydrogen-bond donors (Lipinski definition) is 2. The second-order valence-corrected chi connectivity index (χ2v) is 4.55. The van der Waals surface area contributed by atoms with Crippen molar-refractivity contribution in [1.29, 1.82) is 0 Å². The van der Waals surface area contributed by atoms with E-state index in [2.05, 4.69) is 22.3 Å². The average Bonchev–Trinajstić information content (AvgIpc) is 3.07. The maximum atomic E-state index is 11.5. The molecule has 92 valence electrons. The number of likely N-dealkylation sites (N-methyl/N-ethyl adjacent to an activating group) is 1. The lowest BCUT2D eigenvalue weighted by atomic mass is 10.3. The van der Waals surface area contributed by atoms with Gasteiger partial charge in [-0.3, -0.25) is 4.79 Å². The first-order valence-corrected chi connectivity index (χ1v) is 5.98. The minimum Gasteiger partial charge on any atom is -0.373 e. The van der Waals surface area contributed by atoms with E-state index in [9.17, 15) is 4.79 Å². The molecule has 1 aromatic carbocycles. The fourth-order valence-electron chi connectivity index (χ4n) is 1.81. The molecule has 4 nitrogen and oxygen atoms in total. The molecule has 0 heterocycles. The van der Waals surface area contributed by atoms with E-state index < -0.39 is 0 Å². The van der Waals surface area contributed by atoms with Gasteiger partial charge in [-0.05, 0) is 18.6 Å². The van der Waals surface area contributed by atoms with E-state index >= 15 is 0 Å². The summed E-state index contributed by atoms with van der Waals surface area (Å²) in [6, 6.07) is 10.2. The Morgan fingerprint density at radius 2 is 2.12 bits per heavy atom. The second-order valence-electron chi connectivity index (χ2n) is 4.55. The summed E-state index contributed by atoms with van der Waals surface area (Å²) in [6.45, 7) is 1.46. The van der Waals surface area contributed by atoms with Gasteiger partial charge in [-0.25, -0.2) is 0 Å². The summed E-state index contributed by atoms with van der Waals surface area (Å²) >= 11 is 0. The molecule has 0 radical (unpaired) electrons. The predicted octanol–water partition coefficient (Wildman–Crippen LogP) is 0.586. The van der Waals surface area contributed by atoms with Crippen molar-refractivity contribution in [2.75, 3.05) is 25.0 Å². The van der Waals surface area contributed by atoms with Gasteiger partial charge in [-0.1, -0.05) is 18.2 Å². The smallest absolute Gasteiger partial charge is 0.224 e. The molecule has 1 aliphatic carbocycles. The molecule has 2 atom stereocenters. The molecule has 1 aliphatic rings. The number of amides is 1. The standard InChI is InChI=1S/C13H19N3O/c1-16(10-5-3-2-4-6-10)8-7-15-13(17)11-9-12(11)14/h2-6,11-12H,7-9,14H2,1H3,(H,15,17). The van der Waals surface area contributed by atoms with Gasteiger partial charge in [0, 0.05) is 31.9 Å². The molecule has 17 heavy (non-hydrogen) atoms. The second kappa shape index (κ2) is 5.19. The zero-order valence-electron chi connectivity index (χ0n) is 10.1. The van der Waals surface area contributed by atoms with Crippen LogP contribution in [0.25, 0.3) is 0 Å². The molecule has 4 heteroatoms. The lowest BCUT2D eigenvalue weighted by molar-refractivity contribution is -0.122. The summed E-state index contributed by atoms with van der Waals surface area (Å²) in [5.74, 6) is 0.149. The first kappa shape index (κ1) is 11.9. The number of para-hydroxylation sites is 1. The Hall–Kier alpha value is -1.55. The monoisotopic (exact) mass is 233 g/mol. The third kappa shape index (κ3) is 3.20. The summed E-state index contributed by atoms with van der Waals surface area (Å²) in [5, 5.41) is 2.92. The van der Waals surface area contributed by atoms with Crippen LogP contribution in [0.2, 0.25) is 0 Å². The Morgan fingerprint density at radius 1 is 1.47 bits per heavy atom. The van der Waals surface area contributed by atoms with Crippen molar-refractivity contribution in [2.45, 2.75) is 12.5 Å². The van der Waals surface area contributed by atoms with E-state index in [1.807, 2.05) is 25.2 Å². The lowest BCUT2D eigenvalue weighted by Gasteiger charge is -2.19. The molecule has 1 fully saturated rings. The highest BCUT2D eigenvalue weighted by Gasteiger charge is 2.39. The molecule has 0 aromatic heterocycles. The summed E-state index contributed by atoms with van der Waals surface area (Å²) < 4.78 is 0. The van der Waals surface area contributed by atoms with Crippen LogP contribution in [-0.2, 0) is 4.79 Å². The van der Waals surface area contributed by atoms with E-state index in [0.29, 0.717) is 6.54 Å². The van der Waals surface area contributed by atoms with Crippen molar-refractivity contribution in [3.63, 3.8) is 0 Å². The topological polar surface area (TPSA) is 58.4 Å². The zero-order valence-corrected chi connectivity index (χ0v) is 10.1. The average molecular weight is 233 g/mol. The third-order valence-corrected chi connectivity index (χ3v) is 3.12. The number of nitrogens with two attached hydrogens (primary N) is 1. The fourth-order valence-corrected chi connectivity index (χ4v) is 1.81. The van der Waals surface area contributed by atoms with Crippen LogP contribution in [0.5, 0.6) is 0 Å². The summed E-state index contributed by atoms with van der Waals surface area (Å²) in [4.78, 5) is 13.6. The van der Waals surface area contributed by atoms with Crippen molar-refractivity contribution >= 4 is 11.6 Å². The molecule has 2 rings (SSSR count). The van der Waals surface area contributed by atoms with Gasteiger partial charge in [0.2, 0.25) is 5.91 Å². The summed E-state index contributed by atoms with van der Waals surface area (Å²) in [7, 11) is 2.02. The van der Waals surface area contributed by atoms with E-state index in [0.717, 1.165) is 18.7 Å². The Balaban J connectivity index is 1.70. The van der Waals surface area contributed by atoms with Gasteiger partial charge in [0.25, 0.3) is 0 Å². The van der Waals surface area contributed by atoms with Crippen LogP contribution in [0.1, 0.15) is 6.42 Å². The number of rotatable bonds is 5. The Kier molecular flexibility index (Phi) is 3.64. The van der Waals surface area contributed by atoms with E-state index in [4.69, 9.17) is 5.73 Å². The molecule has 1 saturated carbocycles. The van der Waals surface area contributed by atoms with E-state index in [-0.39, 0.29) is 17.9 Å². The first-order chi connectivity index (χ1) is 8.18. The molecule has 0 aliphatic heterocycles. The minimum absolute atomic E-state index is 0.0528. The molecule has 0 spiro atoms. The van der Waals surface area contributed by atoms with Crippen LogP contribution in [0.4, 0.5) is 5.69 Å². The number of hydrogen-bond acceptors (Lipinski definition) is 3. The number of carbonyl (C=O) groups excluding carboxylic acids is 1. The maximum absolute atomic E-state index is 11.5. The molecule has 0 saturated heterocycles. The Bertz CT molecular complexity index is 380. The molecular formula is C13H19N3O. The zero-order chi connectivity index (χ0) is 12.3. The molecule has 2 unspecified atom stereocenters. The molecular weight excluding hydrogens is 214 g/mol. The number of nitrogens with one attached hydrogen (secondary N) is 1. The van der Waals surface area contributed by atoms with Gasteiger partial charge in [-0.15, -0.1) is 0 Å².